The van der Waals surface area contributed by atoms with Crippen molar-refractivity contribution in [2.24, 2.45) is 5.92 Å². The lowest BCUT2D eigenvalue weighted by molar-refractivity contribution is -0.127. The molecular weight excluding hydrogens is 421 g/mol. The fourth-order valence-electron chi connectivity index (χ4n) is 3.21. The molecule has 3 rings (SSSR count). The van der Waals surface area contributed by atoms with Crippen LogP contribution in [0, 0.1) is 11.7 Å². The second-order valence-electron chi connectivity index (χ2n) is 8.47. The molecule has 0 saturated carbocycles. The molecular formula is C21H26FN5O5. The zero-order valence-electron chi connectivity index (χ0n) is 18.1. The van der Waals surface area contributed by atoms with Crippen molar-refractivity contribution in [3.8, 4) is 0 Å². The molecule has 1 atom stereocenters. The van der Waals surface area contributed by atoms with Crippen molar-refractivity contribution in [3.05, 3.63) is 35.8 Å². The van der Waals surface area contributed by atoms with Crippen molar-refractivity contribution < 1.29 is 28.3 Å². The zero-order valence-corrected chi connectivity index (χ0v) is 18.1. The molecule has 172 valence electrons. The number of hydrogen-bond acceptors (Lipinski definition) is 5. The van der Waals surface area contributed by atoms with Crippen LogP contribution in [0.5, 0.6) is 0 Å². The maximum atomic E-state index is 13.8. The first-order valence-electron chi connectivity index (χ1n) is 10.2. The Balaban J connectivity index is 1.61. The lowest BCUT2D eigenvalue weighted by Crippen LogP contribution is -2.53. The van der Waals surface area contributed by atoms with Gasteiger partial charge in [0.15, 0.2) is 0 Å². The number of carbonyl (C=O) groups excluding carboxylic acids is 4. The Labute approximate surface area is 183 Å². The highest BCUT2D eigenvalue weighted by atomic mass is 19.1. The Morgan fingerprint density at radius 1 is 1.28 bits per heavy atom. The molecule has 0 unspecified atom stereocenters. The summed E-state index contributed by atoms with van der Waals surface area (Å²) in [6.07, 6.45) is -0.301. The number of carbonyl (C=O) groups is 4. The SMILES string of the molecule is CC(C)(C)OC(=O)N(C[C@@H]1CCNC1=O)NC(=O)CNC(=O)c1cc2c(F)cccc2[nH]1. The number of H-pyrrole nitrogens is 1. The zero-order chi connectivity index (χ0) is 23.5. The van der Waals surface area contributed by atoms with Crippen LogP contribution < -0.4 is 16.1 Å². The van der Waals surface area contributed by atoms with Crippen LogP contribution in [0.3, 0.4) is 0 Å². The molecule has 1 aromatic carbocycles. The van der Waals surface area contributed by atoms with Crippen molar-refractivity contribution in [1.29, 1.82) is 0 Å². The highest BCUT2D eigenvalue weighted by Gasteiger charge is 2.31. The van der Waals surface area contributed by atoms with Gasteiger partial charge in [0, 0.05) is 17.4 Å². The average Bonchev–Trinajstić information content (AvgIpc) is 3.31. The highest BCUT2D eigenvalue weighted by molar-refractivity contribution is 5.99. The van der Waals surface area contributed by atoms with Crippen LogP contribution in [0.4, 0.5) is 9.18 Å². The van der Waals surface area contributed by atoms with Gasteiger partial charge in [0.25, 0.3) is 11.8 Å². The van der Waals surface area contributed by atoms with Gasteiger partial charge in [0.2, 0.25) is 5.91 Å². The van der Waals surface area contributed by atoms with Crippen molar-refractivity contribution in [2.45, 2.75) is 32.8 Å². The number of benzene rings is 1. The Hall–Kier alpha value is -3.63. The quantitative estimate of drug-likeness (QED) is 0.515. The number of aromatic nitrogens is 1. The van der Waals surface area contributed by atoms with E-state index >= 15 is 0 Å². The molecule has 2 aromatic rings. The largest absolute Gasteiger partial charge is 0.442 e. The monoisotopic (exact) mass is 447 g/mol. The van der Waals surface area contributed by atoms with E-state index in [-0.39, 0.29) is 23.5 Å². The normalized spacial score (nSPS) is 15.9. The van der Waals surface area contributed by atoms with Gasteiger partial charge in [-0.1, -0.05) is 6.07 Å². The third-order valence-corrected chi connectivity index (χ3v) is 4.70. The molecule has 11 heteroatoms. The summed E-state index contributed by atoms with van der Waals surface area (Å²) < 4.78 is 19.1. The fourth-order valence-corrected chi connectivity index (χ4v) is 3.21. The van der Waals surface area contributed by atoms with Crippen LogP contribution in [-0.2, 0) is 14.3 Å². The second-order valence-corrected chi connectivity index (χ2v) is 8.47. The number of fused-ring (bicyclic) bond motifs is 1. The van der Waals surface area contributed by atoms with Crippen LogP contribution in [0.1, 0.15) is 37.7 Å². The maximum absolute atomic E-state index is 13.8. The first kappa shape index (κ1) is 23.0. The number of halogens is 1. The van der Waals surface area contributed by atoms with Crippen molar-refractivity contribution >= 4 is 34.7 Å². The predicted octanol–water partition coefficient (Wildman–Crippen LogP) is 1.44. The molecule has 32 heavy (non-hydrogen) atoms. The first-order chi connectivity index (χ1) is 15.0. The second kappa shape index (κ2) is 9.25. The Bertz CT molecular complexity index is 1040. The predicted molar refractivity (Wildman–Crippen MR) is 113 cm³/mol. The summed E-state index contributed by atoms with van der Waals surface area (Å²) in [4.78, 5) is 51.9. The third kappa shape index (κ3) is 5.74. The summed E-state index contributed by atoms with van der Waals surface area (Å²) in [5.74, 6) is -2.48. The van der Waals surface area contributed by atoms with Crippen molar-refractivity contribution in [2.75, 3.05) is 19.6 Å². The number of nitrogens with one attached hydrogen (secondary N) is 4. The van der Waals surface area contributed by atoms with E-state index in [4.69, 9.17) is 4.74 Å². The van der Waals surface area contributed by atoms with E-state index in [2.05, 4.69) is 21.0 Å². The van der Waals surface area contributed by atoms with Crippen LogP contribution in [0.15, 0.2) is 24.3 Å². The minimum atomic E-state index is -0.817. The number of hydrazine groups is 1. The van der Waals surface area contributed by atoms with E-state index < -0.39 is 41.8 Å². The molecule has 1 fully saturated rings. The van der Waals surface area contributed by atoms with E-state index in [9.17, 15) is 23.6 Å². The topological polar surface area (TPSA) is 133 Å². The molecule has 0 bridgehead atoms. The highest BCUT2D eigenvalue weighted by Crippen LogP contribution is 2.18. The van der Waals surface area contributed by atoms with E-state index in [1.54, 1.807) is 26.8 Å². The number of hydrogen-bond donors (Lipinski definition) is 4. The maximum Gasteiger partial charge on any atom is 0.429 e. The minimum absolute atomic E-state index is 0.0677. The summed E-state index contributed by atoms with van der Waals surface area (Å²) >= 11 is 0. The molecule has 1 aliphatic heterocycles. The van der Waals surface area contributed by atoms with Gasteiger partial charge in [-0.25, -0.2) is 14.2 Å². The lowest BCUT2D eigenvalue weighted by Gasteiger charge is -2.28. The Morgan fingerprint density at radius 2 is 2.03 bits per heavy atom. The fraction of sp³-hybridized carbons (Fsp3) is 0.429. The average molecular weight is 447 g/mol. The molecule has 1 aliphatic rings. The summed E-state index contributed by atoms with van der Waals surface area (Å²) in [6, 6.07) is 5.77. The van der Waals surface area contributed by atoms with E-state index in [0.29, 0.717) is 18.5 Å². The van der Waals surface area contributed by atoms with E-state index in [1.807, 2.05) is 0 Å². The molecule has 1 aromatic heterocycles. The van der Waals surface area contributed by atoms with Gasteiger partial charge >= 0.3 is 6.09 Å². The number of rotatable bonds is 5. The van der Waals surface area contributed by atoms with Crippen LogP contribution in [-0.4, -0.2) is 59.0 Å². The molecule has 1 saturated heterocycles. The van der Waals surface area contributed by atoms with Gasteiger partial charge in [-0.05, 0) is 45.4 Å². The molecule has 2 heterocycles. The molecule has 10 nitrogen and oxygen atoms in total. The summed E-state index contributed by atoms with van der Waals surface area (Å²) in [5, 5.41) is 6.28. The van der Waals surface area contributed by atoms with Crippen molar-refractivity contribution in [1.82, 2.24) is 26.1 Å². The molecule has 4 amide bonds. The molecule has 0 radical (unpaired) electrons. The van der Waals surface area contributed by atoms with Crippen LogP contribution in [0.25, 0.3) is 10.9 Å². The minimum Gasteiger partial charge on any atom is -0.442 e. The van der Waals surface area contributed by atoms with Gasteiger partial charge < -0.3 is 20.4 Å². The van der Waals surface area contributed by atoms with Gasteiger partial charge in [0.1, 0.15) is 17.1 Å². The lowest BCUT2D eigenvalue weighted by atomic mass is 10.1. The van der Waals surface area contributed by atoms with Crippen LogP contribution >= 0.6 is 0 Å². The van der Waals surface area contributed by atoms with Crippen molar-refractivity contribution in [3.63, 3.8) is 0 Å². The summed E-state index contributed by atoms with van der Waals surface area (Å²) in [5.41, 5.74) is 2.11. The van der Waals surface area contributed by atoms with E-state index in [1.165, 1.54) is 18.2 Å². The summed E-state index contributed by atoms with van der Waals surface area (Å²) in [6.45, 7) is 5.00. The van der Waals surface area contributed by atoms with Gasteiger partial charge in [0.05, 0.1) is 19.0 Å². The Morgan fingerprint density at radius 3 is 2.66 bits per heavy atom. The molecule has 4 N–H and O–H groups in total. The number of amides is 4. The first-order valence-corrected chi connectivity index (χ1v) is 10.2. The van der Waals surface area contributed by atoms with Crippen LogP contribution in [0.2, 0.25) is 0 Å². The smallest absolute Gasteiger partial charge is 0.429 e. The van der Waals surface area contributed by atoms with Gasteiger partial charge in [-0.3, -0.25) is 19.8 Å². The third-order valence-electron chi connectivity index (χ3n) is 4.70. The Kier molecular flexibility index (Phi) is 6.66. The number of nitrogens with zero attached hydrogens (tertiary/aromatic N) is 1. The molecule has 0 spiro atoms. The number of aromatic amines is 1. The van der Waals surface area contributed by atoms with E-state index in [0.717, 1.165) is 5.01 Å². The summed E-state index contributed by atoms with van der Waals surface area (Å²) in [7, 11) is 0. The molecule has 0 aliphatic carbocycles. The van der Waals surface area contributed by atoms with Gasteiger partial charge in [-0.2, -0.15) is 0 Å². The standard InChI is InChI=1S/C21H26FN5O5/c1-21(2,3)32-20(31)27(11-12-7-8-23-18(12)29)26-17(28)10-24-19(30)16-9-13-14(22)5-4-6-15(13)25-16/h4-6,9,12,25H,7-8,10-11H2,1-3H3,(H,23,29)(H,24,30)(H,26,28)/t12-/m0/s1. The number of ether oxygens (including phenoxy) is 1. The van der Waals surface area contributed by atoms with Gasteiger partial charge in [-0.15, -0.1) is 0 Å².